The largest absolute Gasteiger partial charge is 0.462 e. The normalized spacial score (nSPS) is 18.9. The van der Waals surface area contributed by atoms with Crippen LogP contribution >= 0.6 is 0 Å². The van der Waals surface area contributed by atoms with Crippen LogP contribution < -0.4 is 5.32 Å². The highest BCUT2D eigenvalue weighted by Gasteiger charge is 2.17. The number of anilines is 1. The smallest absolute Gasteiger partial charge is 0.341 e. The van der Waals surface area contributed by atoms with Crippen molar-refractivity contribution in [3.63, 3.8) is 0 Å². The fourth-order valence-corrected chi connectivity index (χ4v) is 1.78. The molecule has 2 heterocycles. The van der Waals surface area contributed by atoms with Crippen molar-refractivity contribution >= 4 is 11.8 Å². The van der Waals surface area contributed by atoms with E-state index >= 15 is 0 Å². The van der Waals surface area contributed by atoms with Crippen LogP contribution in [-0.4, -0.2) is 50.0 Å². The molecule has 1 aromatic heterocycles. The third kappa shape index (κ3) is 3.90. The fraction of sp³-hybridized carbons (Fsp3) is 0.538. The average Bonchev–Trinajstić information content (AvgIpc) is 2.47. The number of esters is 1. The summed E-state index contributed by atoms with van der Waals surface area (Å²) in [6.07, 6.45) is 1.61. The lowest BCUT2D eigenvalue weighted by Gasteiger charge is -2.23. The predicted molar refractivity (Wildman–Crippen MR) is 69.2 cm³/mol. The molecule has 104 valence electrons. The van der Waals surface area contributed by atoms with Crippen LogP contribution in [0, 0.1) is 0 Å². The third-order valence-corrected chi connectivity index (χ3v) is 2.69. The zero-order chi connectivity index (χ0) is 13.5. The summed E-state index contributed by atoms with van der Waals surface area (Å²) in [5.41, 5.74) is 0.432. The molecule has 1 saturated heterocycles. The average molecular weight is 266 g/mol. The second-order valence-electron chi connectivity index (χ2n) is 4.07. The number of carbonyl (C=O) groups excluding carboxylic acids is 1. The van der Waals surface area contributed by atoms with Crippen molar-refractivity contribution < 1.29 is 19.0 Å². The first-order valence-corrected chi connectivity index (χ1v) is 6.36. The van der Waals surface area contributed by atoms with Gasteiger partial charge in [0.25, 0.3) is 0 Å². The molecule has 1 aliphatic heterocycles. The summed E-state index contributed by atoms with van der Waals surface area (Å²) in [6, 6.07) is 3.39. The van der Waals surface area contributed by atoms with Crippen LogP contribution in [0.3, 0.4) is 0 Å². The monoisotopic (exact) mass is 266 g/mol. The Morgan fingerprint density at radius 2 is 2.47 bits per heavy atom. The van der Waals surface area contributed by atoms with Gasteiger partial charge in [0, 0.05) is 12.7 Å². The summed E-state index contributed by atoms with van der Waals surface area (Å²) >= 11 is 0. The van der Waals surface area contributed by atoms with Gasteiger partial charge in [-0.25, -0.2) is 9.78 Å². The van der Waals surface area contributed by atoms with Crippen molar-refractivity contribution in [2.24, 2.45) is 0 Å². The van der Waals surface area contributed by atoms with Gasteiger partial charge in [-0.15, -0.1) is 0 Å². The van der Waals surface area contributed by atoms with Crippen LogP contribution in [-0.2, 0) is 14.2 Å². The molecule has 1 atom stereocenters. The van der Waals surface area contributed by atoms with Gasteiger partial charge in [-0.1, -0.05) is 0 Å². The molecular formula is C13H18N2O4. The summed E-state index contributed by atoms with van der Waals surface area (Å²) in [5.74, 6) is 0.133. The molecule has 2 rings (SSSR count). The maximum atomic E-state index is 11.8. The number of nitrogens with zero attached hydrogens (tertiary/aromatic N) is 1. The molecule has 0 bridgehead atoms. The van der Waals surface area contributed by atoms with Crippen LogP contribution in [0.1, 0.15) is 17.3 Å². The van der Waals surface area contributed by atoms with Crippen molar-refractivity contribution in [1.29, 1.82) is 0 Å². The van der Waals surface area contributed by atoms with E-state index in [1.165, 1.54) is 0 Å². The topological polar surface area (TPSA) is 69.7 Å². The molecule has 6 nitrogen and oxygen atoms in total. The summed E-state index contributed by atoms with van der Waals surface area (Å²) in [7, 11) is 0. The summed E-state index contributed by atoms with van der Waals surface area (Å²) in [4.78, 5) is 15.9. The molecule has 0 spiro atoms. The van der Waals surface area contributed by atoms with Gasteiger partial charge in [0.15, 0.2) is 0 Å². The van der Waals surface area contributed by atoms with Gasteiger partial charge >= 0.3 is 5.97 Å². The molecule has 1 fully saturated rings. The first-order chi connectivity index (χ1) is 9.31. The number of aromatic nitrogens is 1. The second kappa shape index (κ2) is 7.06. The van der Waals surface area contributed by atoms with E-state index in [0.717, 1.165) is 0 Å². The fourth-order valence-electron chi connectivity index (χ4n) is 1.78. The first kappa shape index (κ1) is 13.8. The highest BCUT2D eigenvalue weighted by atomic mass is 16.6. The van der Waals surface area contributed by atoms with E-state index in [9.17, 15) is 4.79 Å². The Bertz CT molecular complexity index is 419. The minimum atomic E-state index is -0.376. The number of hydrogen-bond acceptors (Lipinski definition) is 6. The van der Waals surface area contributed by atoms with Crippen LogP contribution in [0.2, 0.25) is 0 Å². The highest BCUT2D eigenvalue weighted by Crippen LogP contribution is 2.13. The van der Waals surface area contributed by atoms with Crippen LogP contribution in [0.15, 0.2) is 18.3 Å². The summed E-state index contributed by atoms with van der Waals surface area (Å²) in [6.45, 7) is 4.44. The molecule has 0 saturated carbocycles. The summed E-state index contributed by atoms with van der Waals surface area (Å²) < 4.78 is 15.8. The molecule has 1 aliphatic rings. The third-order valence-electron chi connectivity index (χ3n) is 2.69. The lowest BCUT2D eigenvalue weighted by atomic mass is 10.2. The maximum Gasteiger partial charge on any atom is 0.341 e. The molecule has 1 unspecified atom stereocenters. The van der Waals surface area contributed by atoms with E-state index in [1.807, 2.05) is 0 Å². The first-order valence-electron chi connectivity index (χ1n) is 6.36. The number of hydrogen-bond donors (Lipinski definition) is 1. The molecule has 0 aliphatic carbocycles. The minimum absolute atomic E-state index is 0.0224. The van der Waals surface area contributed by atoms with E-state index in [-0.39, 0.29) is 12.1 Å². The van der Waals surface area contributed by atoms with E-state index < -0.39 is 0 Å². The van der Waals surface area contributed by atoms with Gasteiger partial charge in [0.1, 0.15) is 11.4 Å². The van der Waals surface area contributed by atoms with Gasteiger partial charge in [-0.05, 0) is 19.1 Å². The Hall–Kier alpha value is -1.66. The molecule has 19 heavy (non-hydrogen) atoms. The van der Waals surface area contributed by atoms with Crippen molar-refractivity contribution in [3.8, 4) is 0 Å². The number of ether oxygens (including phenoxy) is 3. The molecule has 0 amide bonds. The Morgan fingerprint density at radius 3 is 3.21 bits per heavy atom. The predicted octanol–water partition coefficient (Wildman–Crippen LogP) is 1.09. The quantitative estimate of drug-likeness (QED) is 0.804. The Morgan fingerprint density at radius 1 is 1.58 bits per heavy atom. The Kier molecular flexibility index (Phi) is 5.11. The van der Waals surface area contributed by atoms with Crippen molar-refractivity contribution in [1.82, 2.24) is 4.98 Å². The number of rotatable bonds is 5. The number of nitrogens with one attached hydrogen (secondary N) is 1. The number of carbonyl (C=O) groups is 1. The second-order valence-corrected chi connectivity index (χ2v) is 4.07. The van der Waals surface area contributed by atoms with Crippen molar-refractivity contribution in [2.75, 3.05) is 38.3 Å². The Balaban J connectivity index is 1.97. The van der Waals surface area contributed by atoms with Gasteiger partial charge < -0.3 is 19.5 Å². The van der Waals surface area contributed by atoms with Crippen LogP contribution in [0.4, 0.5) is 5.82 Å². The highest BCUT2D eigenvalue weighted by molar-refractivity contribution is 5.94. The maximum absolute atomic E-state index is 11.8. The van der Waals surface area contributed by atoms with Gasteiger partial charge in [-0.3, -0.25) is 0 Å². The Labute approximate surface area is 112 Å². The van der Waals surface area contributed by atoms with Gasteiger partial charge in [-0.2, -0.15) is 0 Å². The van der Waals surface area contributed by atoms with E-state index in [1.54, 1.807) is 25.3 Å². The van der Waals surface area contributed by atoms with Gasteiger partial charge in [0.05, 0.1) is 32.5 Å². The van der Waals surface area contributed by atoms with Crippen LogP contribution in [0.25, 0.3) is 0 Å². The van der Waals surface area contributed by atoms with E-state index in [2.05, 4.69) is 10.3 Å². The number of pyridine rings is 1. The van der Waals surface area contributed by atoms with E-state index in [0.29, 0.717) is 44.4 Å². The minimum Gasteiger partial charge on any atom is -0.462 e. The van der Waals surface area contributed by atoms with Crippen molar-refractivity contribution in [3.05, 3.63) is 23.9 Å². The zero-order valence-electron chi connectivity index (χ0n) is 10.9. The van der Waals surface area contributed by atoms with Crippen molar-refractivity contribution in [2.45, 2.75) is 13.0 Å². The molecule has 1 aromatic rings. The zero-order valence-corrected chi connectivity index (χ0v) is 10.9. The molecular weight excluding hydrogens is 248 g/mol. The summed E-state index contributed by atoms with van der Waals surface area (Å²) in [5, 5.41) is 3.11. The van der Waals surface area contributed by atoms with Crippen LogP contribution in [0.5, 0.6) is 0 Å². The lowest BCUT2D eigenvalue weighted by molar-refractivity contribution is -0.0819. The molecule has 0 aromatic carbocycles. The standard InChI is InChI=1S/C13H18N2O4/c1-2-18-13(16)11-4-3-5-14-12(11)15-8-10-9-17-6-7-19-10/h3-5,10H,2,6-9H2,1H3,(H,14,15). The molecule has 1 N–H and O–H groups in total. The SMILES string of the molecule is CCOC(=O)c1cccnc1NCC1COCCO1. The molecule has 0 radical (unpaired) electrons. The lowest BCUT2D eigenvalue weighted by Crippen LogP contribution is -2.34. The van der Waals surface area contributed by atoms with Gasteiger partial charge in [0.2, 0.25) is 0 Å². The molecule has 6 heteroatoms. The van der Waals surface area contributed by atoms with E-state index in [4.69, 9.17) is 14.2 Å².